The lowest BCUT2D eigenvalue weighted by Gasteiger charge is -2.19. The molecule has 1 aliphatic heterocycles. The molecule has 96 valence electrons. The van der Waals surface area contributed by atoms with Crippen LogP contribution in [0.2, 0.25) is 6.32 Å². The van der Waals surface area contributed by atoms with Gasteiger partial charge in [-0.2, -0.15) is 10.2 Å². The number of fused-ring (bicyclic) bond motifs is 1. The Balaban J connectivity index is 1.74. The number of rotatable bonds is 3. The zero-order valence-corrected chi connectivity index (χ0v) is 10.9. The summed E-state index contributed by atoms with van der Waals surface area (Å²) in [6, 6.07) is 10.4. The second-order valence-electron chi connectivity index (χ2n) is 5.16. The van der Waals surface area contributed by atoms with Crippen LogP contribution in [-0.2, 0) is 19.3 Å². The molecule has 0 bridgehead atoms. The summed E-state index contributed by atoms with van der Waals surface area (Å²) in [7, 11) is 0. The summed E-state index contributed by atoms with van der Waals surface area (Å²) < 4.78 is 0. The lowest BCUT2D eigenvalue weighted by atomic mass is 9.53. The number of benzene rings is 1. The van der Waals surface area contributed by atoms with Crippen molar-refractivity contribution in [3.05, 3.63) is 53.3 Å². The van der Waals surface area contributed by atoms with Crippen LogP contribution in [-0.4, -0.2) is 22.1 Å². The Hall–Kier alpha value is -1.68. The zero-order valence-electron chi connectivity index (χ0n) is 10.9. The minimum Gasteiger partial charge on any atom is -0.446 e. The van der Waals surface area contributed by atoms with E-state index in [0.717, 1.165) is 43.2 Å². The van der Waals surface area contributed by atoms with Crippen LogP contribution < -0.4 is 5.46 Å². The van der Waals surface area contributed by atoms with Crippen molar-refractivity contribution in [1.29, 1.82) is 0 Å². The largest absolute Gasteiger partial charge is 0.446 e. The van der Waals surface area contributed by atoms with Crippen LogP contribution in [0.15, 0.2) is 36.5 Å². The van der Waals surface area contributed by atoms with Crippen molar-refractivity contribution in [3.8, 4) is 0 Å². The molecule has 0 aliphatic carbocycles. The molecule has 0 fully saturated rings. The SMILES string of the molecule is OB1CCCc2ccc(CCc3cccnn3)cc21. The normalized spacial score (nSPS) is 14.3. The topological polar surface area (TPSA) is 46.0 Å². The molecule has 4 heteroatoms. The van der Waals surface area contributed by atoms with Crippen molar-refractivity contribution >= 4 is 12.4 Å². The molecule has 3 nitrogen and oxygen atoms in total. The van der Waals surface area contributed by atoms with E-state index in [1.807, 2.05) is 12.1 Å². The summed E-state index contributed by atoms with van der Waals surface area (Å²) in [6.07, 6.45) is 6.60. The molecule has 1 aromatic heterocycles. The van der Waals surface area contributed by atoms with E-state index in [-0.39, 0.29) is 6.92 Å². The Bertz CT molecular complexity index is 559. The highest BCUT2D eigenvalue weighted by atomic mass is 16.2. The lowest BCUT2D eigenvalue weighted by Crippen LogP contribution is -2.36. The third-order valence-electron chi connectivity index (χ3n) is 3.79. The van der Waals surface area contributed by atoms with E-state index in [0.29, 0.717) is 0 Å². The van der Waals surface area contributed by atoms with E-state index >= 15 is 0 Å². The maximum absolute atomic E-state index is 10.0. The molecular weight excluding hydrogens is 235 g/mol. The van der Waals surface area contributed by atoms with Crippen LogP contribution >= 0.6 is 0 Å². The average molecular weight is 252 g/mol. The van der Waals surface area contributed by atoms with Gasteiger partial charge in [-0.3, -0.25) is 0 Å². The number of hydrogen-bond acceptors (Lipinski definition) is 3. The summed E-state index contributed by atoms with van der Waals surface area (Å²) in [5.74, 6) is 0. The molecule has 0 unspecified atom stereocenters. The predicted octanol–water partition coefficient (Wildman–Crippen LogP) is 1.40. The number of hydrogen-bond donors (Lipinski definition) is 1. The van der Waals surface area contributed by atoms with Crippen LogP contribution in [0, 0.1) is 0 Å². The van der Waals surface area contributed by atoms with Gasteiger partial charge in [0.1, 0.15) is 0 Å². The molecule has 1 aromatic carbocycles. The Labute approximate surface area is 113 Å². The molecule has 2 aromatic rings. The van der Waals surface area contributed by atoms with Crippen molar-refractivity contribution < 1.29 is 5.02 Å². The van der Waals surface area contributed by atoms with Crippen LogP contribution in [0.3, 0.4) is 0 Å². The minimum atomic E-state index is -0.278. The number of nitrogens with zero attached hydrogens (tertiary/aromatic N) is 2. The first kappa shape index (κ1) is 12.4. The Morgan fingerprint density at radius 3 is 3.00 bits per heavy atom. The number of aryl methyl sites for hydroxylation is 3. The zero-order chi connectivity index (χ0) is 13.1. The first-order valence-corrected chi connectivity index (χ1v) is 6.89. The molecule has 0 radical (unpaired) electrons. The van der Waals surface area contributed by atoms with Gasteiger partial charge >= 0.3 is 6.92 Å². The van der Waals surface area contributed by atoms with Crippen molar-refractivity contribution in [3.63, 3.8) is 0 Å². The van der Waals surface area contributed by atoms with Crippen LogP contribution in [0.25, 0.3) is 0 Å². The molecule has 0 saturated heterocycles. The van der Waals surface area contributed by atoms with Crippen molar-refractivity contribution in [1.82, 2.24) is 10.2 Å². The van der Waals surface area contributed by atoms with Gasteiger partial charge in [0.15, 0.2) is 0 Å². The smallest absolute Gasteiger partial charge is 0.323 e. The third-order valence-corrected chi connectivity index (χ3v) is 3.79. The molecule has 3 rings (SSSR count). The lowest BCUT2D eigenvalue weighted by molar-refractivity contribution is 0.574. The molecule has 1 aliphatic rings. The van der Waals surface area contributed by atoms with Crippen LogP contribution in [0.5, 0.6) is 0 Å². The fourth-order valence-electron chi connectivity index (χ4n) is 2.72. The van der Waals surface area contributed by atoms with E-state index in [2.05, 4.69) is 28.4 Å². The van der Waals surface area contributed by atoms with Crippen LogP contribution in [0.4, 0.5) is 0 Å². The predicted molar refractivity (Wildman–Crippen MR) is 76.6 cm³/mol. The van der Waals surface area contributed by atoms with Gasteiger partial charge in [-0.05, 0) is 48.7 Å². The maximum Gasteiger partial charge on any atom is 0.323 e. The molecule has 0 spiro atoms. The first-order chi connectivity index (χ1) is 9.33. The highest BCUT2D eigenvalue weighted by molar-refractivity contribution is 6.67. The van der Waals surface area contributed by atoms with Crippen molar-refractivity contribution in [2.24, 2.45) is 0 Å². The molecule has 0 amide bonds. The van der Waals surface area contributed by atoms with Crippen LogP contribution in [0.1, 0.15) is 23.2 Å². The summed E-state index contributed by atoms with van der Waals surface area (Å²) >= 11 is 0. The van der Waals surface area contributed by atoms with E-state index < -0.39 is 0 Å². The summed E-state index contributed by atoms with van der Waals surface area (Å²) in [5, 5.41) is 18.0. The van der Waals surface area contributed by atoms with Gasteiger partial charge in [0, 0.05) is 6.20 Å². The Morgan fingerprint density at radius 1 is 1.21 bits per heavy atom. The van der Waals surface area contributed by atoms with Gasteiger partial charge in [0.2, 0.25) is 0 Å². The fourth-order valence-corrected chi connectivity index (χ4v) is 2.72. The average Bonchev–Trinajstić information content (AvgIpc) is 2.47. The Morgan fingerprint density at radius 2 is 2.16 bits per heavy atom. The van der Waals surface area contributed by atoms with Gasteiger partial charge in [-0.25, -0.2) is 0 Å². The van der Waals surface area contributed by atoms with E-state index in [1.165, 1.54) is 11.1 Å². The van der Waals surface area contributed by atoms with Gasteiger partial charge in [0.05, 0.1) is 5.69 Å². The number of aromatic nitrogens is 2. The summed E-state index contributed by atoms with van der Waals surface area (Å²) in [5.41, 5.74) is 4.72. The monoisotopic (exact) mass is 252 g/mol. The highest BCUT2D eigenvalue weighted by Gasteiger charge is 2.22. The summed E-state index contributed by atoms with van der Waals surface area (Å²) in [4.78, 5) is 0. The first-order valence-electron chi connectivity index (χ1n) is 6.89. The van der Waals surface area contributed by atoms with Gasteiger partial charge in [-0.1, -0.05) is 30.2 Å². The van der Waals surface area contributed by atoms with E-state index in [4.69, 9.17) is 0 Å². The molecule has 1 N–H and O–H groups in total. The molecule has 2 heterocycles. The summed E-state index contributed by atoms with van der Waals surface area (Å²) in [6.45, 7) is -0.278. The van der Waals surface area contributed by atoms with Crippen molar-refractivity contribution in [2.45, 2.75) is 32.0 Å². The van der Waals surface area contributed by atoms with Gasteiger partial charge in [0.25, 0.3) is 0 Å². The molecule has 0 saturated carbocycles. The van der Waals surface area contributed by atoms with Gasteiger partial charge < -0.3 is 5.02 Å². The third kappa shape index (κ3) is 2.84. The minimum absolute atomic E-state index is 0.278. The molecule has 0 atom stereocenters. The standard InChI is InChI=1S/C15H17BN2O/c19-16-9-1-3-13-7-5-12(11-15(13)16)6-8-14-4-2-10-17-18-14/h2,4-5,7,10-11,19H,1,3,6,8-9H2. The Kier molecular flexibility index (Phi) is 3.60. The quantitative estimate of drug-likeness (QED) is 0.840. The van der Waals surface area contributed by atoms with Gasteiger partial charge in [-0.15, -0.1) is 0 Å². The highest BCUT2D eigenvalue weighted by Crippen LogP contribution is 2.15. The second kappa shape index (κ2) is 5.53. The molecular formula is C15H17BN2O. The maximum atomic E-state index is 10.0. The second-order valence-corrected chi connectivity index (χ2v) is 5.16. The van der Waals surface area contributed by atoms with E-state index in [9.17, 15) is 5.02 Å². The fraction of sp³-hybridized carbons (Fsp3) is 0.333. The molecule has 19 heavy (non-hydrogen) atoms. The van der Waals surface area contributed by atoms with E-state index in [1.54, 1.807) is 6.20 Å². The van der Waals surface area contributed by atoms with Crippen molar-refractivity contribution in [2.75, 3.05) is 0 Å².